The maximum atomic E-state index is 13.1. The molecule has 2 saturated heterocycles. The molecule has 1 amide bonds. The summed E-state index contributed by atoms with van der Waals surface area (Å²) < 4.78 is 7.29. The van der Waals surface area contributed by atoms with Crippen LogP contribution in [0.1, 0.15) is 42.6 Å². The average molecular weight is 404 g/mol. The fraction of sp³-hybridized carbons (Fsp3) is 0.591. The van der Waals surface area contributed by atoms with Crippen molar-refractivity contribution in [3.8, 4) is 0 Å². The number of methoxy groups -OCH3 is 1. The molecule has 3 heterocycles. The van der Waals surface area contributed by atoms with E-state index in [0.717, 1.165) is 17.4 Å². The van der Waals surface area contributed by atoms with E-state index in [0.29, 0.717) is 35.8 Å². The Hall–Kier alpha value is -1.56. The SMILES string of the molecule is COCCn1c(C(=O)NC[C@@H]2CCCN3CCCC[C@@H]23)cc2cc(Cl)ccc21. The van der Waals surface area contributed by atoms with Crippen molar-refractivity contribution in [1.29, 1.82) is 0 Å². The molecule has 0 bridgehead atoms. The molecule has 4 rings (SSSR count). The molecular weight excluding hydrogens is 374 g/mol. The van der Waals surface area contributed by atoms with Gasteiger partial charge in [-0.05, 0) is 69.0 Å². The van der Waals surface area contributed by atoms with Crippen LogP contribution in [0, 0.1) is 5.92 Å². The third-order valence-corrected chi connectivity index (χ3v) is 6.60. The first-order chi connectivity index (χ1) is 13.7. The molecule has 5 nitrogen and oxygen atoms in total. The average Bonchev–Trinajstić information content (AvgIpc) is 3.08. The van der Waals surface area contributed by atoms with Gasteiger partial charge < -0.3 is 19.5 Å². The maximum Gasteiger partial charge on any atom is 0.267 e. The lowest BCUT2D eigenvalue weighted by Gasteiger charge is -2.44. The highest BCUT2D eigenvalue weighted by molar-refractivity contribution is 6.31. The lowest BCUT2D eigenvalue weighted by molar-refractivity contribution is 0.0574. The number of benzene rings is 1. The van der Waals surface area contributed by atoms with Crippen LogP contribution in [0.15, 0.2) is 24.3 Å². The molecule has 28 heavy (non-hydrogen) atoms. The van der Waals surface area contributed by atoms with Gasteiger partial charge in [0.15, 0.2) is 0 Å². The number of fused-ring (bicyclic) bond motifs is 2. The molecule has 1 N–H and O–H groups in total. The van der Waals surface area contributed by atoms with E-state index in [1.165, 1.54) is 45.2 Å². The molecule has 0 saturated carbocycles. The summed E-state index contributed by atoms with van der Waals surface area (Å²) in [6.07, 6.45) is 6.36. The minimum Gasteiger partial charge on any atom is -0.383 e. The second-order valence-electron chi connectivity index (χ2n) is 8.09. The highest BCUT2D eigenvalue weighted by Gasteiger charge is 2.33. The van der Waals surface area contributed by atoms with E-state index in [1.54, 1.807) is 7.11 Å². The van der Waals surface area contributed by atoms with E-state index in [1.807, 2.05) is 28.8 Å². The fourth-order valence-corrected chi connectivity index (χ4v) is 5.16. The zero-order chi connectivity index (χ0) is 19.5. The number of nitrogens with one attached hydrogen (secondary N) is 1. The van der Waals surface area contributed by atoms with Crippen LogP contribution in [0.3, 0.4) is 0 Å². The first-order valence-electron chi connectivity index (χ1n) is 10.5. The Bertz CT molecular complexity index is 833. The van der Waals surface area contributed by atoms with Crippen molar-refractivity contribution in [2.45, 2.75) is 44.7 Å². The maximum absolute atomic E-state index is 13.1. The zero-order valence-corrected chi connectivity index (χ0v) is 17.4. The molecule has 152 valence electrons. The second-order valence-corrected chi connectivity index (χ2v) is 8.53. The first kappa shape index (κ1) is 19.7. The number of hydrogen-bond acceptors (Lipinski definition) is 3. The van der Waals surface area contributed by atoms with Gasteiger partial charge in [-0.25, -0.2) is 0 Å². The number of halogens is 1. The Labute approximate surface area is 172 Å². The summed E-state index contributed by atoms with van der Waals surface area (Å²) in [6, 6.07) is 8.35. The van der Waals surface area contributed by atoms with Crippen molar-refractivity contribution >= 4 is 28.4 Å². The fourth-order valence-electron chi connectivity index (χ4n) is 4.98. The predicted octanol–water partition coefficient (Wildman–Crippen LogP) is 3.94. The van der Waals surface area contributed by atoms with Crippen LogP contribution in [0.5, 0.6) is 0 Å². The van der Waals surface area contributed by atoms with Gasteiger partial charge in [-0.1, -0.05) is 18.0 Å². The van der Waals surface area contributed by atoms with Crippen molar-refractivity contribution in [2.75, 3.05) is 33.4 Å². The number of hydrogen-bond donors (Lipinski definition) is 1. The minimum atomic E-state index is -0.00337. The molecule has 0 radical (unpaired) electrons. The Balaban J connectivity index is 1.50. The molecular formula is C22H30ClN3O2. The highest BCUT2D eigenvalue weighted by Crippen LogP contribution is 2.30. The molecule has 0 aliphatic carbocycles. The summed E-state index contributed by atoms with van der Waals surface area (Å²) in [4.78, 5) is 15.7. The van der Waals surface area contributed by atoms with Gasteiger partial charge in [0, 0.05) is 42.2 Å². The molecule has 2 atom stereocenters. The van der Waals surface area contributed by atoms with Gasteiger partial charge >= 0.3 is 0 Å². The standard InChI is InChI=1S/C22H30ClN3O2/c1-28-12-11-26-20-8-7-18(23)13-17(20)14-21(26)22(27)24-15-16-5-4-10-25-9-3-2-6-19(16)25/h7-8,13-14,16,19H,2-6,9-12,15H2,1H3,(H,24,27)/t16-,19-/m0/s1. The summed E-state index contributed by atoms with van der Waals surface area (Å²) in [5, 5.41) is 4.91. The van der Waals surface area contributed by atoms with E-state index in [4.69, 9.17) is 16.3 Å². The van der Waals surface area contributed by atoms with E-state index in [-0.39, 0.29) is 5.91 Å². The van der Waals surface area contributed by atoms with E-state index < -0.39 is 0 Å². The van der Waals surface area contributed by atoms with Gasteiger partial charge in [0.25, 0.3) is 5.91 Å². The summed E-state index contributed by atoms with van der Waals surface area (Å²) in [6.45, 7) is 4.41. The number of rotatable bonds is 6. The summed E-state index contributed by atoms with van der Waals surface area (Å²) in [5.74, 6) is 0.556. The van der Waals surface area contributed by atoms with E-state index in [2.05, 4.69) is 10.2 Å². The summed E-state index contributed by atoms with van der Waals surface area (Å²) >= 11 is 6.15. The summed E-state index contributed by atoms with van der Waals surface area (Å²) in [5.41, 5.74) is 1.70. The van der Waals surface area contributed by atoms with Crippen molar-refractivity contribution < 1.29 is 9.53 Å². The zero-order valence-electron chi connectivity index (χ0n) is 16.6. The number of carbonyl (C=O) groups excluding carboxylic acids is 1. The number of carbonyl (C=O) groups is 1. The lowest BCUT2D eigenvalue weighted by atomic mass is 9.83. The normalized spacial score (nSPS) is 22.9. The van der Waals surface area contributed by atoms with Gasteiger partial charge in [0.2, 0.25) is 0 Å². The van der Waals surface area contributed by atoms with Crippen LogP contribution in [-0.4, -0.2) is 54.8 Å². The molecule has 1 aromatic heterocycles. The van der Waals surface area contributed by atoms with Crippen LogP contribution in [-0.2, 0) is 11.3 Å². The molecule has 2 aromatic rings. The number of ether oxygens (including phenoxy) is 1. The molecule has 6 heteroatoms. The monoisotopic (exact) mass is 403 g/mol. The molecule has 0 unspecified atom stereocenters. The number of piperidine rings is 2. The van der Waals surface area contributed by atoms with Crippen LogP contribution in [0.25, 0.3) is 10.9 Å². The van der Waals surface area contributed by atoms with Crippen molar-refractivity contribution in [3.05, 3.63) is 35.0 Å². The Kier molecular flexibility index (Phi) is 6.24. The van der Waals surface area contributed by atoms with Gasteiger partial charge in [-0.2, -0.15) is 0 Å². The molecule has 2 fully saturated rings. The van der Waals surface area contributed by atoms with Gasteiger partial charge in [0.1, 0.15) is 5.69 Å². The topological polar surface area (TPSA) is 46.5 Å². The Morgan fingerprint density at radius 3 is 2.93 bits per heavy atom. The Morgan fingerprint density at radius 2 is 2.07 bits per heavy atom. The Morgan fingerprint density at radius 1 is 1.21 bits per heavy atom. The smallest absolute Gasteiger partial charge is 0.267 e. The van der Waals surface area contributed by atoms with Crippen LogP contribution in [0.4, 0.5) is 0 Å². The molecule has 2 aliphatic rings. The van der Waals surface area contributed by atoms with Crippen LogP contribution in [0.2, 0.25) is 5.02 Å². The second kappa shape index (κ2) is 8.85. The van der Waals surface area contributed by atoms with Crippen molar-refractivity contribution in [3.63, 3.8) is 0 Å². The van der Waals surface area contributed by atoms with E-state index >= 15 is 0 Å². The van der Waals surface area contributed by atoms with Crippen molar-refractivity contribution in [1.82, 2.24) is 14.8 Å². The van der Waals surface area contributed by atoms with Gasteiger partial charge in [-0.3, -0.25) is 4.79 Å². The molecule has 0 spiro atoms. The summed E-state index contributed by atoms with van der Waals surface area (Å²) in [7, 11) is 1.68. The highest BCUT2D eigenvalue weighted by atomic mass is 35.5. The molecule has 2 aliphatic heterocycles. The predicted molar refractivity (Wildman–Crippen MR) is 113 cm³/mol. The first-order valence-corrected chi connectivity index (χ1v) is 10.8. The van der Waals surface area contributed by atoms with E-state index in [9.17, 15) is 4.79 Å². The largest absolute Gasteiger partial charge is 0.383 e. The molecule has 1 aromatic carbocycles. The lowest BCUT2D eigenvalue weighted by Crippen LogP contribution is -2.51. The van der Waals surface area contributed by atoms with Gasteiger partial charge in [0.05, 0.1) is 6.61 Å². The minimum absolute atomic E-state index is 0.00337. The third-order valence-electron chi connectivity index (χ3n) is 6.37. The third kappa shape index (κ3) is 4.07. The van der Waals surface area contributed by atoms with Gasteiger partial charge in [-0.15, -0.1) is 0 Å². The number of amides is 1. The van der Waals surface area contributed by atoms with Crippen molar-refractivity contribution in [2.24, 2.45) is 5.92 Å². The van der Waals surface area contributed by atoms with Crippen LogP contribution < -0.4 is 5.32 Å². The van der Waals surface area contributed by atoms with Crippen LogP contribution >= 0.6 is 11.6 Å². The number of aromatic nitrogens is 1. The quantitative estimate of drug-likeness (QED) is 0.794. The number of nitrogens with zero attached hydrogens (tertiary/aromatic N) is 2.